The van der Waals surface area contributed by atoms with E-state index in [9.17, 15) is 4.79 Å². The van der Waals surface area contributed by atoms with Crippen molar-refractivity contribution in [3.05, 3.63) is 71.4 Å². The molecular formula is C20H17N3O2. The number of hydrogen-bond acceptors (Lipinski definition) is 3. The van der Waals surface area contributed by atoms with Gasteiger partial charge in [-0.25, -0.2) is 5.43 Å². The van der Waals surface area contributed by atoms with Crippen LogP contribution in [0.25, 0.3) is 17.0 Å². The van der Waals surface area contributed by atoms with Crippen LogP contribution in [0.4, 0.5) is 0 Å². The average molecular weight is 331 g/mol. The van der Waals surface area contributed by atoms with E-state index in [-0.39, 0.29) is 5.91 Å². The summed E-state index contributed by atoms with van der Waals surface area (Å²) in [4.78, 5) is 15.5. The van der Waals surface area contributed by atoms with Crippen molar-refractivity contribution in [2.75, 3.05) is 7.11 Å². The number of carbonyl (C=O) groups is 1. The minimum atomic E-state index is -0.178. The van der Waals surface area contributed by atoms with Gasteiger partial charge >= 0.3 is 0 Å². The number of para-hydroxylation sites is 1. The molecule has 1 aliphatic rings. The Morgan fingerprint density at radius 1 is 1.16 bits per heavy atom. The van der Waals surface area contributed by atoms with Gasteiger partial charge in [-0.2, -0.15) is 5.10 Å². The van der Waals surface area contributed by atoms with Gasteiger partial charge < -0.3 is 9.72 Å². The molecule has 0 radical (unpaired) electrons. The minimum Gasteiger partial charge on any atom is -0.497 e. The Morgan fingerprint density at radius 3 is 2.92 bits per heavy atom. The number of ether oxygens (including phenoxy) is 1. The van der Waals surface area contributed by atoms with Crippen molar-refractivity contribution in [2.45, 2.75) is 6.42 Å². The van der Waals surface area contributed by atoms with Crippen molar-refractivity contribution in [3.63, 3.8) is 0 Å². The van der Waals surface area contributed by atoms with Gasteiger partial charge in [0.15, 0.2) is 0 Å². The first kappa shape index (κ1) is 15.2. The number of methoxy groups -OCH3 is 1. The molecule has 5 heteroatoms. The summed E-state index contributed by atoms with van der Waals surface area (Å²) in [5.41, 5.74) is 6.94. The fourth-order valence-electron chi connectivity index (χ4n) is 3.00. The van der Waals surface area contributed by atoms with E-state index in [4.69, 9.17) is 4.74 Å². The molecule has 5 nitrogen and oxygen atoms in total. The third-order valence-electron chi connectivity index (χ3n) is 4.27. The summed E-state index contributed by atoms with van der Waals surface area (Å²) in [5.74, 6) is 0.612. The Morgan fingerprint density at radius 2 is 2.04 bits per heavy atom. The summed E-state index contributed by atoms with van der Waals surface area (Å²) in [6.45, 7) is 0. The van der Waals surface area contributed by atoms with Crippen LogP contribution in [0, 0.1) is 0 Å². The molecular weight excluding hydrogens is 314 g/mol. The van der Waals surface area contributed by atoms with Crippen LogP contribution >= 0.6 is 0 Å². The number of aromatic amines is 1. The van der Waals surface area contributed by atoms with E-state index in [1.807, 2.05) is 60.8 Å². The zero-order valence-electron chi connectivity index (χ0n) is 13.7. The van der Waals surface area contributed by atoms with Crippen molar-refractivity contribution >= 4 is 28.6 Å². The number of amides is 1. The molecule has 0 atom stereocenters. The van der Waals surface area contributed by atoms with Gasteiger partial charge in [-0.1, -0.05) is 30.3 Å². The van der Waals surface area contributed by atoms with Gasteiger partial charge in [-0.15, -0.1) is 0 Å². The van der Waals surface area contributed by atoms with Crippen molar-refractivity contribution in [3.8, 4) is 5.75 Å². The fraction of sp³-hybridized carbons (Fsp3) is 0.100. The molecule has 2 heterocycles. The molecule has 124 valence electrons. The summed E-state index contributed by atoms with van der Waals surface area (Å²) in [5, 5.41) is 5.29. The molecule has 2 aromatic carbocycles. The number of hydrazone groups is 1. The van der Waals surface area contributed by atoms with E-state index >= 15 is 0 Å². The van der Waals surface area contributed by atoms with Gasteiger partial charge in [0.1, 0.15) is 5.75 Å². The SMILES string of the molecule is COc1cccc(CC2=NNC(=O)/C2=C\c2c[nH]c3ccccc23)c1. The van der Waals surface area contributed by atoms with E-state index in [0.717, 1.165) is 33.5 Å². The van der Waals surface area contributed by atoms with Crippen molar-refractivity contribution < 1.29 is 9.53 Å². The smallest absolute Gasteiger partial charge is 0.273 e. The molecule has 1 aliphatic heterocycles. The molecule has 1 amide bonds. The molecule has 0 unspecified atom stereocenters. The van der Waals surface area contributed by atoms with Crippen LogP contribution in [-0.4, -0.2) is 23.7 Å². The Bertz CT molecular complexity index is 1010. The van der Waals surface area contributed by atoms with Gasteiger partial charge in [0.05, 0.1) is 18.4 Å². The summed E-state index contributed by atoms with van der Waals surface area (Å²) in [7, 11) is 1.64. The first-order chi connectivity index (χ1) is 12.2. The third-order valence-corrected chi connectivity index (χ3v) is 4.27. The van der Waals surface area contributed by atoms with Gasteiger partial charge in [-0.3, -0.25) is 4.79 Å². The van der Waals surface area contributed by atoms with Gasteiger partial charge in [0.25, 0.3) is 5.91 Å². The number of benzene rings is 2. The van der Waals surface area contributed by atoms with E-state index in [2.05, 4.69) is 15.5 Å². The molecule has 0 bridgehead atoms. The standard InChI is InChI=1S/C20H17N3O2/c1-25-15-6-4-5-13(9-15)10-19-17(20(24)23-22-19)11-14-12-21-18-8-3-2-7-16(14)18/h2-9,11-12,21H,10H2,1H3,(H,23,24)/b17-11-. The molecule has 0 saturated carbocycles. The first-order valence-corrected chi connectivity index (χ1v) is 8.02. The Labute approximate surface area is 145 Å². The maximum Gasteiger partial charge on any atom is 0.273 e. The lowest BCUT2D eigenvalue weighted by Crippen LogP contribution is -2.14. The molecule has 0 saturated heterocycles. The zero-order chi connectivity index (χ0) is 17.2. The first-order valence-electron chi connectivity index (χ1n) is 8.02. The van der Waals surface area contributed by atoms with Gasteiger partial charge in [-0.05, 0) is 29.8 Å². The van der Waals surface area contributed by atoms with Crippen molar-refractivity contribution in [2.24, 2.45) is 5.10 Å². The highest BCUT2D eigenvalue weighted by molar-refractivity contribution is 6.28. The van der Waals surface area contributed by atoms with Crippen LogP contribution in [0.3, 0.4) is 0 Å². The van der Waals surface area contributed by atoms with Gasteiger partial charge in [0.2, 0.25) is 0 Å². The van der Waals surface area contributed by atoms with E-state index in [0.29, 0.717) is 12.0 Å². The molecule has 0 spiro atoms. The lowest BCUT2D eigenvalue weighted by molar-refractivity contribution is -0.116. The van der Waals surface area contributed by atoms with Crippen LogP contribution in [-0.2, 0) is 11.2 Å². The van der Waals surface area contributed by atoms with Crippen molar-refractivity contribution in [1.29, 1.82) is 0 Å². The number of carbonyl (C=O) groups excluding carboxylic acids is 1. The molecule has 4 rings (SSSR count). The number of hydrogen-bond donors (Lipinski definition) is 2. The highest BCUT2D eigenvalue weighted by atomic mass is 16.5. The zero-order valence-corrected chi connectivity index (χ0v) is 13.7. The number of nitrogens with zero attached hydrogens (tertiary/aromatic N) is 1. The predicted octanol–water partition coefficient (Wildman–Crippen LogP) is 3.29. The van der Waals surface area contributed by atoms with Gasteiger partial charge in [0, 0.05) is 29.1 Å². The Balaban J connectivity index is 1.67. The normalized spacial score (nSPS) is 15.5. The van der Waals surface area contributed by atoms with Crippen LogP contribution < -0.4 is 10.2 Å². The quantitative estimate of drug-likeness (QED) is 0.721. The highest BCUT2D eigenvalue weighted by Crippen LogP contribution is 2.23. The predicted molar refractivity (Wildman–Crippen MR) is 98.6 cm³/mol. The number of aromatic nitrogens is 1. The topological polar surface area (TPSA) is 66.5 Å². The van der Waals surface area contributed by atoms with Crippen LogP contribution in [0.15, 0.2) is 65.4 Å². The number of nitrogens with one attached hydrogen (secondary N) is 2. The van der Waals surface area contributed by atoms with Crippen molar-refractivity contribution in [1.82, 2.24) is 10.4 Å². The number of fused-ring (bicyclic) bond motifs is 1. The molecule has 0 aliphatic carbocycles. The largest absolute Gasteiger partial charge is 0.497 e. The summed E-state index contributed by atoms with van der Waals surface area (Å²) >= 11 is 0. The molecule has 3 aromatic rings. The summed E-state index contributed by atoms with van der Waals surface area (Å²) in [6.07, 6.45) is 4.36. The highest BCUT2D eigenvalue weighted by Gasteiger charge is 2.23. The second-order valence-corrected chi connectivity index (χ2v) is 5.88. The second-order valence-electron chi connectivity index (χ2n) is 5.88. The van der Waals surface area contributed by atoms with E-state index in [1.165, 1.54) is 0 Å². The fourth-order valence-corrected chi connectivity index (χ4v) is 3.00. The molecule has 0 fully saturated rings. The Hall–Kier alpha value is -3.34. The third kappa shape index (κ3) is 2.92. The van der Waals surface area contributed by atoms with Crippen LogP contribution in [0.2, 0.25) is 0 Å². The summed E-state index contributed by atoms with van der Waals surface area (Å²) < 4.78 is 5.26. The lowest BCUT2D eigenvalue weighted by atomic mass is 10.00. The van der Waals surface area contributed by atoms with Crippen LogP contribution in [0.1, 0.15) is 11.1 Å². The monoisotopic (exact) mass is 331 g/mol. The second kappa shape index (κ2) is 6.28. The van der Waals surface area contributed by atoms with E-state index in [1.54, 1.807) is 7.11 Å². The number of H-pyrrole nitrogens is 1. The number of rotatable bonds is 4. The molecule has 25 heavy (non-hydrogen) atoms. The minimum absolute atomic E-state index is 0.178. The van der Waals surface area contributed by atoms with Crippen LogP contribution in [0.5, 0.6) is 5.75 Å². The maximum absolute atomic E-state index is 12.2. The van der Waals surface area contributed by atoms with E-state index < -0.39 is 0 Å². The Kier molecular flexibility index (Phi) is 3.82. The molecule has 1 aromatic heterocycles. The molecule has 2 N–H and O–H groups in total. The average Bonchev–Trinajstić information content (AvgIpc) is 3.21. The maximum atomic E-state index is 12.2. The summed E-state index contributed by atoms with van der Waals surface area (Å²) in [6, 6.07) is 15.8. The lowest BCUT2D eigenvalue weighted by Gasteiger charge is -2.05.